The minimum atomic E-state index is 0. The third-order valence-corrected chi connectivity index (χ3v) is 10.5. The zero-order valence-corrected chi connectivity index (χ0v) is 34.7. The van der Waals surface area contributed by atoms with Crippen LogP contribution >= 0.6 is 54.0 Å². The molecule has 2 saturated heterocycles. The number of likely N-dealkylation sites (tertiary alicyclic amines) is 2. The summed E-state index contributed by atoms with van der Waals surface area (Å²) in [4.78, 5) is 47.8. The van der Waals surface area contributed by atoms with Gasteiger partial charge in [-0.25, -0.2) is 15.0 Å². The highest BCUT2D eigenvalue weighted by Gasteiger charge is 2.35. The molecule has 0 aliphatic carbocycles. The van der Waals surface area contributed by atoms with Crippen LogP contribution in [0.2, 0.25) is 0 Å². The van der Waals surface area contributed by atoms with Crippen LogP contribution in [0.15, 0.2) is 54.9 Å². The third-order valence-electron chi connectivity index (χ3n) is 10.5. The van der Waals surface area contributed by atoms with Gasteiger partial charge < -0.3 is 20.1 Å². The quantitative estimate of drug-likeness (QED) is 0.171. The molecule has 4 heterocycles. The second-order valence-corrected chi connectivity index (χ2v) is 14.2. The van der Waals surface area contributed by atoms with Crippen LogP contribution in [0.25, 0.3) is 33.3 Å². The number of hydrogen-bond acceptors (Lipinski definition) is 6. The Morgan fingerprint density at radius 1 is 0.765 bits per heavy atom. The Labute approximate surface area is 331 Å². The molecule has 2 aliphatic rings. The van der Waals surface area contributed by atoms with Crippen LogP contribution < -0.4 is 5.32 Å². The maximum atomic E-state index is 13.1. The van der Waals surface area contributed by atoms with Crippen molar-refractivity contribution in [2.45, 2.75) is 79.3 Å². The van der Waals surface area contributed by atoms with Gasteiger partial charge >= 0.3 is 0 Å². The van der Waals surface area contributed by atoms with Crippen molar-refractivity contribution in [2.24, 2.45) is 23.7 Å². The van der Waals surface area contributed by atoms with E-state index in [4.69, 9.17) is 9.97 Å². The Bertz CT molecular complexity index is 1730. The summed E-state index contributed by atoms with van der Waals surface area (Å²) in [6.07, 6.45) is 7.71. The summed E-state index contributed by atoms with van der Waals surface area (Å²) in [5.74, 6) is 2.60. The van der Waals surface area contributed by atoms with Crippen LogP contribution in [-0.4, -0.2) is 67.2 Å². The van der Waals surface area contributed by atoms with Gasteiger partial charge in [-0.15, -0.1) is 0 Å². The molecule has 0 saturated carbocycles. The van der Waals surface area contributed by atoms with E-state index < -0.39 is 0 Å². The summed E-state index contributed by atoms with van der Waals surface area (Å²) in [5.41, 5.74) is 5.09. The number of carbonyl (C=O) groups excluding carboxylic acids is 2. The Morgan fingerprint density at radius 2 is 1.35 bits per heavy atom. The van der Waals surface area contributed by atoms with E-state index >= 15 is 0 Å². The second kappa shape index (κ2) is 19.3. The predicted molar refractivity (Wildman–Crippen MR) is 229 cm³/mol. The molecule has 51 heavy (non-hydrogen) atoms. The number of nitrogens with one attached hydrogen (secondary N) is 2. The monoisotopic (exact) mass is 771 g/mol. The number of anilines is 1. The van der Waals surface area contributed by atoms with Gasteiger partial charge in [-0.3, -0.25) is 9.59 Å². The number of H-pyrrole nitrogens is 1. The molecule has 2 aromatic carbocycles. The van der Waals surface area contributed by atoms with E-state index in [9.17, 15) is 9.59 Å². The SMILES string of the molecule is CC(C)[C@H](C)C(=O)N1CCC[C@H]1CNc1ncc2cc(-c3ccc(-c4cnc([C@@H]5CCCN5C(=O)[C@@H](C)C(C)C)[nH]4)cc3)ccc2n1.S.S.S.S. The first-order chi connectivity index (χ1) is 22.6. The Hall–Kier alpha value is -2.87. The van der Waals surface area contributed by atoms with Crippen molar-refractivity contribution in [1.29, 1.82) is 0 Å². The molecular weight excluding hydrogens is 715 g/mol. The van der Waals surface area contributed by atoms with Gasteiger partial charge in [0.25, 0.3) is 0 Å². The van der Waals surface area contributed by atoms with E-state index in [0.29, 0.717) is 24.3 Å². The normalized spacial score (nSPS) is 18.0. The molecule has 9 nitrogen and oxygen atoms in total. The number of rotatable bonds is 10. The molecule has 2 aromatic heterocycles. The molecule has 13 heteroatoms. The number of hydrogen-bond donors (Lipinski definition) is 2. The van der Waals surface area contributed by atoms with Gasteiger partial charge in [0.1, 0.15) is 5.82 Å². The standard InChI is InChI=1S/C38H49N7O2.4H2S/c1-23(2)25(5)36(46)44-17-7-9-31(44)21-41-38-40-20-30-19-29(15-16-32(30)43-38)27-11-13-28(14-12-27)33-22-39-35(42-33)34-10-8-18-45(34)37(47)26(6)24(3)4;;;;/h11-16,19-20,22-26,31,34H,7-10,17-18,21H2,1-6H3,(H,39,42)(H,40,41,43);4*1H2/t25-,26-,31-,34-;;;;/m0..../s1. The van der Waals surface area contributed by atoms with E-state index in [1.54, 1.807) is 0 Å². The first kappa shape index (κ1) is 44.3. The van der Waals surface area contributed by atoms with E-state index in [2.05, 4.69) is 79.4 Å². The van der Waals surface area contributed by atoms with Gasteiger partial charge in [-0.1, -0.05) is 71.9 Å². The average Bonchev–Trinajstić information content (AvgIpc) is 3.87. The van der Waals surface area contributed by atoms with Gasteiger partial charge in [-0.2, -0.15) is 54.0 Å². The first-order valence-corrected chi connectivity index (χ1v) is 17.4. The highest BCUT2D eigenvalue weighted by atomic mass is 32.1. The fraction of sp³-hybridized carbons (Fsp3) is 0.500. The smallest absolute Gasteiger partial charge is 0.226 e. The molecule has 2 amide bonds. The summed E-state index contributed by atoms with van der Waals surface area (Å²) in [5, 5.41) is 4.37. The molecule has 0 spiro atoms. The largest absolute Gasteiger partial charge is 0.352 e. The van der Waals surface area contributed by atoms with Crippen molar-refractivity contribution in [3.8, 4) is 22.4 Å². The van der Waals surface area contributed by atoms with E-state index in [0.717, 1.165) is 77.9 Å². The van der Waals surface area contributed by atoms with Crippen LogP contribution in [0, 0.1) is 23.7 Å². The average molecular weight is 772 g/mol. The molecule has 280 valence electrons. The van der Waals surface area contributed by atoms with Gasteiger partial charge in [0.05, 0.1) is 23.4 Å². The van der Waals surface area contributed by atoms with Crippen molar-refractivity contribution in [1.82, 2.24) is 29.7 Å². The summed E-state index contributed by atoms with van der Waals surface area (Å²) in [7, 11) is 0. The molecule has 0 radical (unpaired) electrons. The van der Waals surface area contributed by atoms with E-state index in [-0.39, 0.29) is 89.7 Å². The predicted octanol–water partition coefficient (Wildman–Crippen LogP) is 7.79. The maximum absolute atomic E-state index is 13.1. The number of fused-ring (bicyclic) bond motifs is 1. The van der Waals surface area contributed by atoms with Gasteiger partial charge in [0.2, 0.25) is 17.8 Å². The van der Waals surface area contributed by atoms with E-state index in [1.165, 1.54) is 0 Å². The number of imidazole rings is 1. The number of nitrogens with zero attached hydrogens (tertiary/aromatic N) is 5. The Balaban J connectivity index is 0.00000225. The number of aromatic amines is 1. The van der Waals surface area contributed by atoms with Crippen molar-refractivity contribution in [3.63, 3.8) is 0 Å². The zero-order chi connectivity index (χ0) is 33.2. The summed E-state index contributed by atoms with van der Waals surface area (Å²) in [6.45, 7) is 14.8. The van der Waals surface area contributed by atoms with Crippen molar-refractivity contribution in [3.05, 3.63) is 60.7 Å². The van der Waals surface area contributed by atoms with Crippen molar-refractivity contribution in [2.75, 3.05) is 25.0 Å². The maximum Gasteiger partial charge on any atom is 0.226 e. The summed E-state index contributed by atoms with van der Waals surface area (Å²) < 4.78 is 0. The molecule has 2 N–H and O–H groups in total. The summed E-state index contributed by atoms with van der Waals surface area (Å²) >= 11 is 0. The fourth-order valence-corrected chi connectivity index (χ4v) is 6.75. The van der Waals surface area contributed by atoms with Crippen molar-refractivity contribution < 1.29 is 9.59 Å². The first-order valence-electron chi connectivity index (χ1n) is 17.4. The van der Waals surface area contributed by atoms with Crippen LogP contribution in [0.4, 0.5) is 5.95 Å². The minimum absolute atomic E-state index is 0. The number of aromatic nitrogens is 4. The third kappa shape index (κ3) is 9.77. The molecular formula is C38H57N7O2S4. The Kier molecular flexibility index (Phi) is 16.7. The molecule has 2 fully saturated rings. The van der Waals surface area contributed by atoms with Crippen molar-refractivity contribution >= 4 is 82.6 Å². The highest BCUT2D eigenvalue weighted by molar-refractivity contribution is 7.59. The van der Waals surface area contributed by atoms with Crippen LogP contribution in [0.1, 0.15) is 79.1 Å². The lowest BCUT2D eigenvalue weighted by atomic mass is 9.96. The number of benzene rings is 2. The molecule has 4 aromatic rings. The zero-order valence-electron chi connectivity index (χ0n) is 30.7. The van der Waals surface area contributed by atoms with E-state index in [1.807, 2.05) is 42.1 Å². The lowest BCUT2D eigenvalue weighted by Crippen LogP contribution is -2.43. The second-order valence-electron chi connectivity index (χ2n) is 14.2. The lowest BCUT2D eigenvalue weighted by molar-refractivity contribution is -0.138. The molecule has 0 unspecified atom stereocenters. The van der Waals surface area contributed by atoms with Crippen LogP contribution in [0.5, 0.6) is 0 Å². The van der Waals surface area contributed by atoms with Crippen LogP contribution in [-0.2, 0) is 9.59 Å². The van der Waals surface area contributed by atoms with Gasteiger partial charge in [0.15, 0.2) is 0 Å². The van der Waals surface area contributed by atoms with Gasteiger partial charge in [-0.05, 0) is 66.3 Å². The molecule has 6 rings (SSSR count). The minimum Gasteiger partial charge on any atom is -0.352 e. The molecule has 0 bridgehead atoms. The molecule has 2 aliphatic heterocycles. The topological polar surface area (TPSA) is 107 Å². The molecule has 4 atom stereocenters. The highest BCUT2D eigenvalue weighted by Crippen LogP contribution is 2.34. The Morgan fingerprint density at radius 3 is 2.02 bits per heavy atom. The van der Waals surface area contributed by atoms with Crippen LogP contribution in [0.3, 0.4) is 0 Å². The summed E-state index contributed by atoms with van der Waals surface area (Å²) in [6, 6.07) is 14.9. The number of carbonyl (C=O) groups is 2. The lowest BCUT2D eigenvalue weighted by Gasteiger charge is -2.29. The van der Waals surface area contributed by atoms with Gasteiger partial charge in [0, 0.05) is 49.1 Å². The number of amides is 2. The fourth-order valence-electron chi connectivity index (χ4n) is 6.75.